The zero-order valence-corrected chi connectivity index (χ0v) is 12.9. The third-order valence-corrected chi connectivity index (χ3v) is 3.39. The Morgan fingerprint density at radius 1 is 1.24 bits per heavy atom. The zero-order chi connectivity index (χ0) is 18.0. The Morgan fingerprint density at radius 3 is 2.80 bits per heavy atom. The molecule has 2 amide bonds. The highest BCUT2D eigenvalue weighted by molar-refractivity contribution is 7.80. The summed E-state index contributed by atoms with van der Waals surface area (Å²) in [4.78, 5) is 19.7. The SMILES string of the molecule is O=C(Nc1c(F)ccc(NS(=O)[O-])c1F)Nc1ncnc2[nH]ncc12. The molecule has 0 aliphatic rings. The van der Waals surface area contributed by atoms with Crippen molar-refractivity contribution in [1.29, 1.82) is 0 Å². The fourth-order valence-electron chi connectivity index (χ4n) is 1.95. The van der Waals surface area contributed by atoms with Crippen molar-refractivity contribution in [2.24, 2.45) is 0 Å². The molecule has 0 bridgehead atoms. The van der Waals surface area contributed by atoms with Gasteiger partial charge in [0.25, 0.3) is 0 Å². The Labute approximate surface area is 140 Å². The highest BCUT2D eigenvalue weighted by atomic mass is 32.2. The van der Waals surface area contributed by atoms with E-state index in [-0.39, 0.29) is 5.82 Å². The minimum absolute atomic E-state index is 0.0620. The predicted octanol–water partition coefficient (Wildman–Crippen LogP) is 1.48. The van der Waals surface area contributed by atoms with Crippen LogP contribution in [-0.2, 0) is 11.3 Å². The maximum Gasteiger partial charge on any atom is 0.325 e. The van der Waals surface area contributed by atoms with Crippen molar-refractivity contribution in [3.05, 3.63) is 36.3 Å². The number of hydrogen-bond donors (Lipinski definition) is 4. The summed E-state index contributed by atoms with van der Waals surface area (Å²) >= 11 is -2.82. The summed E-state index contributed by atoms with van der Waals surface area (Å²) in [5.41, 5.74) is -0.999. The maximum atomic E-state index is 14.1. The van der Waals surface area contributed by atoms with E-state index in [0.717, 1.165) is 18.5 Å². The molecule has 0 saturated heterocycles. The smallest absolute Gasteiger partial charge is 0.325 e. The largest absolute Gasteiger partial charge is 0.755 e. The summed E-state index contributed by atoms with van der Waals surface area (Å²) in [6, 6.07) is 0.676. The van der Waals surface area contributed by atoms with Crippen molar-refractivity contribution < 1.29 is 22.3 Å². The predicted molar refractivity (Wildman–Crippen MR) is 83.2 cm³/mol. The second-order valence-electron chi connectivity index (χ2n) is 4.55. The number of fused-ring (bicyclic) bond motifs is 1. The number of aromatic amines is 1. The summed E-state index contributed by atoms with van der Waals surface area (Å²) in [6.45, 7) is 0. The summed E-state index contributed by atoms with van der Waals surface area (Å²) in [7, 11) is 0. The number of benzene rings is 1. The first-order valence-corrected chi connectivity index (χ1v) is 7.59. The normalized spacial score (nSPS) is 12.0. The molecule has 1 atom stereocenters. The quantitative estimate of drug-likeness (QED) is 0.513. The number of urea groups is 1. The van der Waals surface area contributed by atoms with Gasteiger partial charge in [-0.2, -0.15) is 5.10 Å². The van der Waals surface area contributed by atoms with Gasteiger partial charge in [0.15, 0.2) is 11.5 Å². The molecular formula is C12H8F2N7O3S-. The van der Waals surface area contributed by atoms with Gasteiger partial charge in [-0.05, 0) is 12.1 Å². The molecule has 0 fully saturated rings. The van der Waals surface area contributed by atoms with Crippen LogP contribution in [0.5, 0.6) is 0 Å². The van der Waals surface area contributed by atoms with E-state index in [1.54, 1.807) is 4.72 Å². The van der Waals surface area contributed by atoms with Crippen molar-refractivity contribution in [2.45, 2.75) is 0 Å². The van der Waals surface area contributed by atoms with Gasteiger partial charge in [0.1, 0.15) is 23.6 Å². The highest BCUT2D eigenvalue weighted by Gasteiger charge is 2.17. The number of halogens is 2. The van der Waals surface area contributed by atoms with Crippen molar-refractivity contribution in [3.63, 3.8) is 0 Å². The highest BCUT2D eigenvalue weighted by Crippen LogP contribution is 2.26. The van der Waals surface area contributed by atoms with Gasteiger partial charge in [0, 0.05) is 11.3 Å². The van der Waals surface area contributed by atoms with Gasteiger partial charge < -0.3 is 14.6 Å². The maximum absolute atomic E-state index is 14.1. The van der Waals surface area contributed by atoms with E-state index in [9.17, 15) is 22.3 Å². The number of amides is 2. The van der Waals surface area contributed by atoms with Crippen molar-refractivity contribution in [3.8, 4) is 0 Å². The van der Waals surface area contributed by atoms with Gasteiger partial charge in [0.05, 0.1) is 17.3 Å². The van der Waals surface area contributed by atoms with Crippen molar-refractivity contribution in [2.75, 3.05) is 15.4 Å². The van der Waals surface area contributed by atoms with Gasteiger partial charge in [-0.3, -0.25) is 14.6 Å². The van der Waals surface area contributed by atoms with E-state index in [4.69, 9.17) is 0 Å². The molecule has 1 aromatic carbocycles. The number of nitrogens with zero attached hydrogens (tertiary/aromatic N) is 3. The lowest BCUT2D eigenvalue weighted by Crippen LogP contribution is -2.22. The number of anilines is 3. The van der Waals surface area contributed by atoms with E-state index >= 15 is 0 Å². The molecule has 3 rings (SSSR count). The Kier molecular flexibility index (Phi) is 4.49. The number of rotatable bonds is 4. The molecule has 1 unspecified atom stereocenters. The Balaban J connectivity index is 1.83. The topological polar surface area (TPSA) is 148 Å². The number of hydrogen-bond acceptors (Lipinski definition) is 6. The van der Waals surface area contributed by atoms with E-state index in [2.05, 4.69) is 25.5 Å². The number of carbonyl (C=O) groups is 1. The lowest BCUT2D eigenvalue weighted by molar-refractivity contribution is 0.262. The molecule has 2 aromatic heterocycles. The Morgan fingerprint density at radius 2 is 2.04 bits per heavy atom. The van der Waals surface area contributed by atoms with Gasteiger partial charge in [-0.1, -0.05) is 0 Å². The number of nitrogens with one attached hydrogen (secondary N) is 4. The average molecular weight is 368 g/mol. The Hall–Kier alpha value is -3.19. The monoisotopic (exact) mass is 368 g/mol. The lowest BCUT2D eigenvalue weighted by Gasteiger charge is -2.14. The molecule has 0 aliphatic heterocycles. The van der Waals surface area contributed by atoms with Crippen molar-refractivity contribution in [1.82, 2.24) is 20.2 Å². The zero-order valence-electron chi connectivity index (χ0n) is 12.0. The van der Waals surface area contributed by atoms with Crippen LogP contribution in [0.25, 0.3) is 11.0 Å². The van der Waals surface area contributed by atoms with Gasteiger partial charge in [0.2, 0.25) is 0 Å². The van der Waals surface area contributed by atoms with Crippen LogP contribution in [0.3, 0.4) is 0 Å². The van der Waals surface area contributed by atoms with E-state index in [1.165, 1.54) is 6.20 Å². The first kappa shape index (κ1) is 16.7. The van der Waals surface area contributed by atoms with Crippen LogP contribution in [0.1, 0.15) is 0 Å². The van der Waals surface area contributed by atoms with Crippen LogP contribution in [0.4, 0.5) is 30.8 Å². The molecular weight excluding hydrogens is 360 g/mol. The Bertz CT molecular complexity index is 980. The molecule has 13 heteroatoms. The lowest BCUT2D eigenvalue weighted by atomic mass is 10.2. The molecule has 25 heavy (non-hydrogen) atoms. The summed E-state index contributed by atoms with van der Waals surface area (Å²) in [5, 5.41) is 10.9. The third-order valence-electron chi connectivity index (χ3n) is 3.00. The van der Waals surface area contributed by atoms with Crippen molar-refractivity contribution >= 4 is 45.5 Å². The molecule has 130 valence electrons. The fraction of sp³-hybridized carbons (Fsp3) is 0. The minimum Gasteiger partial charge on any atom is -0.755 e. The van der Waals surface area contributed by atoms with E-state index in [0.29, 0.717) is 11.0 Å². The number of aromatic nitrogens is 4. The van der Waals surface area contributed by atoms with Gasteiger partial charge >= 0.3 is 6.03 Å². The van der Waals surface area contributed by atoms with Crippen LogP contribution >= 0.6 is 0 Å². The minimum atomic E-state index is -2.82. The van der Waals surface area contributed by atoms with E-state index < -0.39 is 40.3 Å². The van der Waals surface area contributed by atoms with Gasteiger partial charge in [-0.25, -0.2) is 23.5 Å². The van der Waals surface area contributed by atoms with Crippen LogP contribution < -0.4 is 15.4 Å². The molecule has 10 nitrogen and oxygen atoms in total. The second kappa shape index (κ2) is 6.74. The first-order valence-electron chi connectivity index (χ1n) is 6.51. The van der Waals surface area contributed by atoms with E-state index in [1.807, 2.05) is 5.32 Å². The average Bonchev–Trinajstić information content (AvgIpc) is 3.03. The van der Waals surface area contributed by atoms with Crippen LogP contribution in [0.15, 0.2) is 24.7 Å². The fourth-order valence-corrected chi connectivity index (χ4v) is 2.29. The van der Waals surface area contributed by atoms with Gasteiger partial charge in [-0.15, -0.1) is 0 Å². The molecule has 3 aromatic rings. The molecule has 0 spiro atoms. The van der Waals surface area contributed by atoms with Crippen LogP contribution in [0.2, 0.25) is 0 Å². The second-order valence-corrected chi connectivity index (χ2v) is 5.23. The number of carbonyl (C=O) groups excluding carboxylic acids is 1. The first-order chi connectivity index (χ1) is 12.0. The summed E-state index contributed by atoms with van der Waals surface area (Å²) in [5.74, 6) is -2.31. The van der Waals surface area contributed by atoms with Crippen LogP contribution in [0, 0.1) is 11.6 Å². The molecule has 4 N–H and O–H groups in total. The van der Waals surface area contributed by atoms with Crippen LogP contribution in [-0.4, -0.2) is 35.0 Å². The number of H-pyrrole nitrogens is 1. The summed E-state index contributed by atoms with van der Waals surface area (Å²) < 4.78 is 50.8. The third kappa shape index (κ3) is 3.51. The molecule has 0 saturated carbocycles. The standard InChI is InChI=1S/C12H9F2N7O3S/c13-6-1-2-7(21-25(23)24)8(14)9(6)18-12(22)19-10-5-3-17-20-11(5)16-4-15-10/h1-4,21H,(H,23,24)(H3,15,16,17,18,19,20,22)/p-1. The summed E-state index contributed by atoms with van der Waals surface area (Å²) in [6.07, 6.45) is 2.52. The molecule has 0 radical (unpaired) electrons. The molecule has 0 aliphatic carbocycles. The molecule has 2 heterocycles.